The van der Waals surface area contributed by atoms with Crippen LogP contribution >= 0.6 is 0 Å². The number of para-hydroxylation sites is 1. The Kier molecular flexibility index (Phi) is 5.64. The number of nitrogens with one attached hydrogen (secondary N) is 1. The molecule has 1 aromatic heterocycles. The first-order chi connectivity index (χ1) is 14.2. The summed E-state index contributed by atoms with van der Waals surface area (Å²) in [5.74, 6) is 0.0156. The Balaban J connectivity index is 1.51. The third-order valence-electron chi connectivity index (χ3n) is 5.70. The highest BCUT2D eigenvalue weighted by molar-refractivity contribution is 5.87. The first-order valence-corrected chi connectivity index (χ1v) is 10.2. The Labute approximate surface area is 171 Å². The number of hydrogen-bond donors (Lipinski definition) is 1. The van der Waals surface area contributed by atoms with Gasteiger partial charge in [0.25, 0.3) is 0 Å². The number of nitriles is 1. The second kappa shape index (κ2) is 8.50. The monoisotopic (exact) mass is 386 g/mol. The van der Waals surface area contributed by atoms with E-state index in [1.54, 1.807) is 4.90 Å². The molecule has 1 aliphatic heterocycles. The quantitative estimate of drug-likeness (QED) is 0.697. The fourth-order valence-electron chi connectivity index (χ4n) is 4.26. The van der Waals surface area contributed by atoms with Gasteiger partial charge in [0.2, 0.25) is 5.91 Å². The normalized spacial score (nSPS) is 17.4. The average Bonchev–Trinajstić information content (AvgIpc) is 3.38. The van der Waals surface area contributed by atoms with E-state index in [-0.39, 0.29) is 24.5 Å². The van der Waals surface area contributed by atoms with Crippen LogP contribution in [0.5, 0.6) is 0 Å². The summed E-state index contributed by atoms with van der Waals surface area (Å²) in [5, 5.41) is 13.7. The van der Waals surface area contributed by atoms with Gasteiger partial charge in [-0.15, -0.1) is 0 Å². The van der Waals surface area contributed by atoms with Crippen molar-refractivity contribution in [3.05, 3.63) is 60.7 Å². The molecule has 29 heavy (non-hydrogen) atoms. The Hall–Kier alpha value is -3.10. The van der Waals surface area contributed by atoms with E-state index in [1.165, 1.54) is 22.2 Å². The van der Waals surface area contributed by atoms with Crippen molar-refractivity contribution in [1.82, 2.24) is 14.8 Å². The van der Waals surface area contributed by atoms with Crippen molar-refractivity contribution in [3.8, 4) is 17.3 Å². The van der Waals surface area contributed by atoms with Crippen molar-refractivity contribution in [2.24, 2.45) is 0 Å². The summed E-state index contributed by atoms with van der Waals surface area (Å²) < 4.78 is 2.34. The van der Waals surface area contributed by atoms with E-state index in [9.17, 15) is 10.1 Å². The van der Waals surface area contributed by atoms with Gasteiger partial charge in [0, 0.05) is 35.7 Å². The molecule has 2 atom stereocenters. The van der Waals surface area contributed by atoms with Crippen LogP contribution in [0.4, 0.5) is 0 Å². The molecule has 1 amide bonds. The Morgan fingerprint density at radius 2 is 1.97 bits per heavy atom. The smallest absolute Gasteiger partial charge is 0.237 e. The van der Waals surface area contributed by atoms with Gasteiger partial charge in [-0.05, 0) is 37.5 Å². The van der Waals surface area contributed by atoms with Crippen LogP contribution < -0.4 is 5.32 Å². The molecule has 2 heterocycles. The topological polar surface area (TPSA) is 61.1 Å². The molecule has 0 saturated carbocycles. The highest BCUT2D eigenvalue weighted by atomic mass is 16.2. The van der Waals surface area contributed by atoms with Crippen molar-refractivity contribution in [3.63, 3.8) is 0 Å². The number of aromatic nitrogens is 1. The van der Waals surface area contributed by atoms with Crippen LogP contribution in [-0.2, 0) is 4.79 Å². The van der Waals surface area contributed by atoms with E-state index in [2.05, 4.69) is 77.5 Å². The summed E-state index contributed by atoms with van der Waals surface area (Å²) in [6.45, 7) is 3.80. The molecule has 0 bridgehead atoms. The van der Waals surface area contributed by atoms with E-state index in [0.29, 0.717) is 13.1 Å². The molecule has 1 saturated heterocycles. The lowest BCUT2D eigenvalue weighted by molar-refractivity contribution is -0.130. The lowest BCUT2D eigenvalue weighted by Gasteiger charge is -2.22. The molecule has 1 aliphatic rings. The molecule has 0 radical (unpaired) electrons. The van der Waals surface area contributed by atoms with Crippen molar-refractivity contribution in [1.29, 1.82) is 5.26 Å². The van der Waals surface area contributed by atoms with E-state index >= 15 is 0 Å². The van der Waals surface area contributed by atoms with Gasteiger partial charge in [-0.3, -0.25) is 4.79 Å². The van der Waals surface area contributed by atoms with Crippen LogP contribution in [-0.4, -0.2) is 41.1 Å². The first-order valence-electron chi connectivity index (χ1n) is 10.2. The van der Waals surface area contributed by atoms with Gasteiger partial charge in [-0.1, -0.05) is 48.5 Å². The van der Waals surface area contributed by atoms with Crippen LogP contribution in [0.25, 0.3) is 22.2 Å². The first kappa shape index (κ1) is 19.2. The van der Waals surface area contributed by atoms with E-state index < -0.39 is 0 Å². The maximum atomic E-state index is 12.5. The van der Waals surface area contributed by atoms with Crippen LogP contribution in [0.15, 0.2) is 60.7 Å². The SMILES string of the molecule is CC(CNCC(=O)N1CCC[C@H]1C#N)n1c(-c2ccccc2)cc2ccccc21. The highest BCUT2D eigenvalue weighted by Gasteiger charge is 2.28. The average molecular weight is 386 g/mol. The third-order valence-corrected chi connectivity index (χ3v) is 5.70. The minimum Gasteiger partial charge on any atom is -0.336 e. The standard InChI is InChI=1S/C24H26N4O/c1-18(16-26-17-24(29)27-13-7-11-21(27)15-25)28-22-12-6-5-10-20(22)14-23(28)19-8-3-2-4-9-19/h2-6,8-10,12,14,18,21,26H,7,11,13,16-17H2,1H3/t18?,21-/m0/s1. The fourth-order valence-corrected chi connectivity index (χ4v) is 4.26. The highest BCUT2D eigenvalue weighted by Crippen LogP contribution is 2.31. The second-order valence-electron chi connectivity index (χ2n) is 7.68. The summed E-state index contributed by atoms with van der Waals surface area (Å²) in [6, 6.07) is 23.2. The Bertz CT molecular complexity index is 1030. The van der Waals surface area contributed by atoms with Crippen molar-refractivity contribution in [2.75, 3.05) is 19.6 Å². The van der Waals surface area contributed by atoms with Crippen molar-refractivity contribution >= 4 is 16.8 Å². The van der Waals surface area contributed by atoms with Crippen molar-refractivity contribution in [2.45, 2.75) is 31.8 Å². The summed E-state index contributed by atoms with van der Waals surface area (Å²) >= 11 is 0. The van der Waals surface area contributed by atoms with Gasteiger partial charge in [-0.25, -0.2) is 0 Å². The molecule has 5 nitrogen and oxygen atoms in total. The number of carbonyl (C=O) groups is 1. The van der Waals surface area contributed by atoms with Gasteiger partial charge in [0.1, 0.15) is 6.04 Å². The molecule has 1 N–H and O–H groups in total. The Morgan fingerprint density at radius 3 is 2.76 bits per heavy atom. The summed E-state index contributed by atoms with van der Waals surface area (Å²) in [4.78, 5) is 14.2. The summed E-state index contributed by atoms with van der Waals surface area (Å²) in [6.07, 6.45) is 1.70. The number of nitrogens with zero attached hydrogens (tertiary/aromatic N) is 3. The van der Waals surface area contributed by atoms with Gasteiger partial charge >= 0.3 is 0 Å². The zero-order chi connectivity index (χ0) is 20.2. The van der Waals surface area contributed by atoms with Gasteiger partial charge in [0.15, 0.2) is 0 Å². The maximum Gasteiger partial charge on any atom is 0.237 e. The lowest BCUT2D eigenvalue weighted by atomic mass is 10.1. The molecule has 148 valence electrons. The molecule has 1 fully saturated rings. The second-order valence-corrected chi connectivity index (χ2v) is 7.68. The third kappa shape index (κ3) is 3.90. The predicted molar refractivity (Wildman–Crippen MR) is 115 cm³/mol. The Morgan fingerprint density at radius 1 is 1.21 bits per heavy atom. The fraction of sp³-hybridized carbons (Fsp3) is 0.333. The summed E-state index contributed by atoms with van der Waals surface area (Å²) in [7, 11) is 0. The van der Waals surface area contributed by atoms with Gasteiger partial charge in [-0.2, -0.15) is 5.26 Å². The van der Waals surface area contributed by atoms with Crippen LogP contribution in [0, 0.1) is 11.3 Å². The van der Waals surface area contributed by atoms with Crippen molar-refractivity contribution < 1.29 is 4.79 Å². The number of likely N-dealkylation sites (tertiary alicyclic amines) is 1. The number of hydrogen-bond acceptors (Lipinski definition) is 3. The molecule has 4 rings (SSSR count). The molecule has 1 unspecified atom stereocenters. The number of rotatable bonds is 6. The van der Waals surface area contributed by atoms with E-state index in [1.807, 2.05) is 6.07 Å². The van der Waals surface area contributed by atoms with Crippen LogP contribution in [0.2, 0.25) is 0 Å². The number of fused-ring (bicyclic) bond motifs is 1. The molecule has 0 spiro atoms. The van der Waals surface area contributed by atoms with Gasteiger partial charge in [0.05, 0.1) is 12.6 Å². The summed E-state index contributed by atoms with van der Waals surface area (Å²) in [5.41, 5.74) is 3.55. The number of amides is 1. The molecular weight excluding hydrogens is 360 g/mol. The molecule has 2 aromatic carbocycles. The molecule has 3 aromatic rings. The lowest BCUT2D eigenvalue weighted by Crippen LogP contribution is -2.41. The number of carbonyl (C=O) groups excluding carboxylic acids is 1. The van der Waals surface area contributed by atoms with Gasteiger partial charge < -0.3 is 14.8 Å². The maximum absolute atomic E-state index is 12.5. The van der Waals surface area contributed by atoms with Crippen LogP contribution in [0.1, 0.15) is 25.8 Å². The van der Waals surface area contributed by atoms with E-state index in [0.717, 1.165) is 12.8 Å². The zero-order valence-corrected chi connectivity index (χ0v) is 16.7. The zero-order valence-electron chi connectivity index (χ0n) is 16.7. The number of benzene rings is 2. The molecule has 5 heteroatoms. The molecular formula is C24H26N4O. The predicted octanol–water partition coefficient (Wildman–Crippen LogP) is 3.97. The van der Waals surface area contributed by atoms with E-state index in [4.69, 9.17) is 0 Å². The largest absolute Gasteiger partial charge is 0.336 e. The van der Waals surface area contributed by atoms with Crippen LogP contribution in [0.3, 0.4) is 0 Å². The minimum atomic E-state index is -0.264. The minimum absolute atomic E-state index is 0.0156. The molecule has 0 aliphatic carbocycles.